The number of carboxylic acids is 1. The molecule has 0 aliphatic carbocycles. The first-order valence-electron chi connectivity index (χ1n) is 4.87. The molecule has 1 aromatic carbocycles. The third-order valence-electron chi connectivity index (χ3n) is 2.39. The molecule has 17 heavy (non-hydrogen) atoms. The van der Waals surface area contributed by atoms with Crippen LogP contribution in [0.5, 0.6) is 0 Å². The Kier molecular flexibility index (Phi) is 2.85. The molecule has 0 aliphatic heterocycles. The molecule has 0 aliphatic rings. The van der Waals surface area contributed by atoms with Crippen LogP contribution in [0.1, 0.15) is 10.4 Å². The van der Waals surface area contributed by atoms with Crippen molar-refractivity contribution < 1.29 is 9.90 Å². The maximum atomic E-state index is 10.9. The van der Waals surface area contributed by atoms with E-state index in [1.165, 1.54) is 12.1 Å². The Balaban J connectivity index is 2.77. The topological polar surface area (TPSA) is 66.3 Å². The molecule has 88 valence electrons. The van der Waals surface area contributed by atoms with Crippen LogP contribution in [0.3, 0.4) is 0 Å². The van der Waals surface area contributed by atoms with Crippen molar-refractivity contribution in [2.24, 2.45) is 0 Å². The van der Waals surface area contributed by atoms with Crippen LogP contribution in [0.15, 0.2) is 18.2 Å². The molecular formula is C11H10ClN3O2. The van der Waals surface area contributed by atoms with Crippen molar-refractivity contribution in [2.45, 2.75) is 0 Å². The lowest BCUT2D eigenvalue weighted by atomic mass is 10.1. The summed E-state index contributed by atoms with van der Waals surface area (Å²) < 4.78 is 0. The van der Waals surface area contributed by atoms with E-state index < -0.39 is 5.97 Å². The second-order valence-electron chi connectivity index (χ2n) is 3.77. The maximum Gasteiger partial charge on any atom is 0.335 e. The molecule has 2 rings (SSSR count). The summed E-state index contributed by atoms with van der Waals surface area (Å²) in [5.74, 6) is -0.340. The van der Waals surface area contributed by atoms with Gasteiger partial charge < -0.3 is 10.0 Å². The van der Waals surface area contributed by atoms with E-state index >= 15 is 0 Å². The zero-order valence-corrected chi connectivity index (χ0v) is 10.1. The number of aromatic nitrogens is 2. The summed E-state index contributed by atoms with van der Waals surface area (Å²) >= 11 is 5.93. The summed E-state index contributed by atoms with van der Waals surface area (Å²) in [5, 5.41) is 18.3. The number of hydrogen-bond acceptors (Lipinski definition) is 4. The minimum atomic E-state index is -0.994. The van der Waals surface area contributed by atoms with Gasteiger partial charge >= 0.3 is 5.97 Å². The van der Waals surface area contributed by atoms with E-state index in [1.807, 2.05) is 14.1 Å². The second kappa shape index (κ2) is 4.18. The molecule has 1 N–H and O–H groups in total. The molecule has 0 bridgehead atoms. The Morgan fingerprint density at radius 2 is 2.00 bits per heavy atom. The molecule has 1 heterocycles. The van der Waals surface area contributed by atoms with E-state index in [0.717, 1.165) is 5.39 Å². The van der Waals surface area contributed by atoms with Gasteiger partial charge in [0, 0.05) is 24.9 Å². The molecule has 0 amide bonds. The number of nitrogens with zero attached hydrogens (tertiary/aromatic N) is 3. The van der Waals surface area contributed by atoms with Crippen LogP contribution in [0.4, 0.5) is 5.82 Å². The number of rotatable bonds is 2. The van der Waals surface area contributed by atoms with Gasteiger partial charge in [0.1, 0.15) is 0 Å². The summed E-state index contributed by atoms with van der Waals surface area (Å²) in [6, 6.07) is 4.71. The van der Waals surface area contributed by atoms with Crippen LogP contribution in [0, 0.1) is 0 Å². The lowest BCUT2D eigenvalue weighted by Crippen LogP contribution is -2.12. The summed E-state index contributed by atoms with van der Waals surface area (Å²) in [4.78, 5) is 12.7. The van der Waals surface area contributed by atoms with Gasteiger partial charge in [-0.1, -0.05) is 11.6 Å². The maximum absolute atomic E-state index is 10.9. The molecule has 0 fully saturated rings. The van der Waals surface area contributed by atoms with Crippen molar-refractivity contribution in [3.8, 4) is 0 Å². The van der Waals surface area contributed by atoms with Crippen molar-refractivity contribution in [3.05, 3.63) is 28.9 Å². The number of benzene rings is 1. The van der Waals surface area contributed by atoms with E-state index in [-0.39, 0.29) is 10.7 Å². The van der Waals surface area contributed by atoms with Gasteiger partial charge in [0.2, 0.25) is 0 Å². The quantitative estimate of drug-likeness (QED) is 0.885. The van der Waals surface area contributed by atoms with Crippen LogP contribution in [0.2, 0.25) is 5.15 Å². The van der Waals surface area contributed by atoms with Crippen molar-refractivity contribution >= 4 is 34.2 Å². The Hall–Kier alpha value is -1.88. The molecule has 0 spiro atoms. The van der Waals surface area contributed by atoms with Gasteiger partial charge in [0.15, 0.2) is 11.0 Å². The number of aromatic carboxylic acids is 1. The Morgan fingerprint density at radius 1 is 1.29 bits per heavy atom. The molecule has 0 atom stereocenters. The third kappa shape index (κ3) is 2.01. The van der Waals surface area contributed by atoms with Gasteiger partial charge in [0.05, 0.1) is 5.56 Å². The van der Waals surface area contributed by atoms with Gasteiger partial charge in [-0.2, -0.15) is 0 Å². The van der Waals surface area contributed by atoms with E-state index in [0.29, 0.717) is 11.2 Å². The van der Waals surface area contributed by atoms with Crippen LogP contribution < -0.4 is 4.90 Å². The molecule has 2 aromatic rings. The molecule has 0 saturated carbocycles. The summed E-state index contributed by atoms with van der Waals surface area (Å²) in [6.45, 7) is 0. The number of fused-ring (bicyclic) bond motifs is 1. The van der Waals surface area contributed by atoms with Gasteiger partial charge in [-0.05, 0) is 18.2 Å². The molecule has 6 heteroatoms. The van der Waals surface area contributed by atoms with Gasteiger partial charge in [-0.25, -0.2) is 4.79 Å². The normalized spacial score (nSPS) is 10.5. The van der Waals surface area contributed by atoms with E-state index in [1.54, 1.807) is 11.0 Å². The second-order valence-corrected chi connectivity index (χ2v) is 4.13. The average Bonchev–Trinajstić information content (AvgIpc) is 2.28. The largest absolute Gasteiger partial charge is 0.478 e. The van der Waals surface area contributed by atoms with Gasteiger partial charge in [0.25, 0.3) is 0 Å². The highest BCUT2D eigenvalue weighted by molar-refractivity contribution is 6.34. The standard InChI is InChI=1S/C11H10ClN3O2/c1-15(2)10-7-4-3-6(11(16)17)5-8(7)9(12)13-14-10/h3-5H,1-2H3,(H,16,17). The van der Waals surface area contributed by atoms with Gasteiger partial charge in [-0.15, -0.1) is 10.2 Å². The van der Waals surface area contributed by atoms with Crippen LogP contribution in [0.25, 0.3) is 10.8 Å². The van der Waals surface area contributed by atoms with Crippen molar-refractivity contribution in [2.75, 3.05) is 19.0 Å². The molecule has 5 nitrogen and oxygen atoms in total. The first-order valence-corrected chi connectivity index (χ1v) is 5.25. The van der Waals surface area contributed by atoms with E-state index in [4.69, 9.17) is 16.7 Å². The number of anilines is 1. The third-order valence-corrected chi connectivity index (χ3v) is 2.66. The summed E-state index contributed by atoms with van der Waals surface area (Å²) in [7, 11) is 3.67. The number of carbonyl (C=O) groups is 1. The highest BCUT2D eigenvalue weighted by atomic mass is 35.5. The van der Waals surface area contributed by atoms with Crippen LogP contribution >= 0.6 is 11.6 Å². The molecule has 0 saturated heterocycles. The minimum absolute atomic E-state index is 0.178. The monoisotopic (exact) mass is 251 g/mol. The van der Waals surface area contributed by atoms with Crippen molar-refractivity contribution in [1.82, 2.24) is 10.2 Å². The molecular weight excluding hydrogens is 242 g/mol. The van der Waals surface area contributed by atoms with Crippen molar-refractivity contribution in [3.63, 3.8) is 0 Å². The Labute approximate surface area is 103 Å². The summed E-state index contributed by atoms with van der Waals surface area (Å²) in [5.41, 5.74) is 0.178. The fourth-order valence-corrected chi connectivity index (χ4v) is 1.77. The Morgan fingerprint density at radius 3 is 2.59 bits per heavy atom. The SMILES string of the molecule is CN(C)c1nnc(Cl)c2cc(C(=O)O)ccc12. The minimum Gasteiger partial charge on any atom is -0.478 e. The van der Waals surface area contributed by atoms with Crippen molar-refractivity contribution in [1.29, 1.82) is 0 Å². The fourth-order valence-electron chi connectivity index (χ4n) is 1.57. The first-order chi connectivity index (χ1) is 8.00. The zero-order valence-electron chi connectivity index (χ0n) is 9.31. The highest BCUT2D eigenvalue weighted by Crippen LogP contribution is 2.28. The first kappa shape index (κ1) is 11.6. The number of hydrogen-bond donors (Lipinski definition) is 1. The van der Waals surface area contributed by atoms with Crippen LogP contribution in [-0.2, 0) is 0 Å². The number of halogens is 1. The van der Waals surface area contributed by atoms with Gasteiger partial charge in [-0.3, -0.25) is 0 Å². The molecule has 0 unspecified atom stereocenters. The fraction of sp³-hybridized carbons (Fsp3) is 0.182. The van der Waals surface area contributed by atoms with E-state index in [2.05, 4.69) is 10.2 Å². The lowest BCUT2D eigenvalue weighted by Gasteiger charge is -2.13. The molecule has 1 aromatic heterocycles. The highest BCUT2D eigenvalue weighted by Gasteiger charge is 2.12. The summed E-state index contributed by atoms with van der Waals surface area (Å²) in [6.07, 6.45) is 0. The van der Waals surface area contributed by atoms with E-state index in [9.17, 15) is 4.79 Å². The zero-order chi connectivity index (χ0) is 12.6. The Bertz CT molecular complexity index is 599. The smallest absolute Gasteiger partial charge is 0.335 e. The predicted molar refractivity (Wildman–Crippen MR) is 65.8 cm³/mol. The average molecular weight is 252 g/mol. The predicted octanol–water partition coefficient (Wildman–Crippen LogP) is 2.05. The number of carboxylic acid groups (broad SMARTS) is 1. The molecule has 0 radical (unpaired) electrons. The lowest BCUT2D eigenvalue weighted by molar-refractivity contribution is 0.0697. The van der Waals surface area contributed by atoms with Crippen LogP contribution in [-0.4, -0.2) is 35.4 Å².